The summed E-state index contributed by atoms with van der Waals surface area (Å²) in [7, 11) is 0. The first-order valence-electron chi connectivity index (χ1n) is 4.58. The Balaban J connectivity index is 2.67. The summed E-state index contributed by atoms with van der Waals surface area (Å²) in [5, 5.41) is 21.5. The Morgan fingerprint density at radius 3 is 2.69 bits per heavy atom. The zero-order valence-corrected chi connectivity index (χ0v) is 9.52. The average Bonchev–Trinajstić information content (AvgIpc) is 2.68. The fraction of sp³-hybridized carbons (Fsp3) is 0.200. The van der Waals surface area contributed by atoms with Gasteiger partial charge in [-0.25, -0.2) is 4.68 Å². The second-order valence-electron chi connectivity index (χ2n) is 3.32. The third-order valence-electron chi connectivity index (χ3n) is 2.32. The molecule has 0 N–H and O–H groups in total. The lowest BCUT2D eigenvalue weighted by Crippen LogP contribution is -2.06. The van der Waals surface area contributed by atoms with Crippen molar-refractivity contribution in [3.05, 3.63) is 34.2 Å². The van der Waals surface area contributed by atoms with E-state index in [0.717, 1.165) is 11.3 Å². The van der Waals surface area contributed by atoms with E-state index in [0.29, 0.717) is 16.4 Å². The first kappa shape index (κ1) is 10.6. The van der Waals surface area contributed by atoms with Gasteiger partial charge >= 0.3 is 0 Å². The molecule has 0 aliphatic heterocycles. The maximum atomic E-state index is 9.10. The van der Waals surface area contributed by atoms with Crippen LogP contribution in [0.15, 0.2) is 12.4 Å². The minimum absolute atomic E-state index is 0.400. The number of aromatic nitrogens is 4. The predicted octanol–water partition coefficient (Wildman–Crippen LogP) is 1.80. The van der Waals surface area contributed by atoms with Crippen molar-refractivity contribution in [2.45, 2.75) is 13.8 Å². The van der Waals surface area contributed by atoms with Crippen LogP contribution in [0, 0.1) is 25.2 Å². The van der Waals surface area contributed by atoms with Crippen LogP contribution in [-0.4, -0.2) is 20.0 Å². The molecule has 0 atom stereocenters. The average molecular weight is 234 g/mol. The summed E-state index contributed by atoms with van der Waals surface area (Å²) in [5.41, 5.74) is 2.00. The molecule has 80 valence electrons. The summed E-state index contributed by atoms with van der Waals surface area (Å²) >= 11 is 5.76. The molecule has 16 heavy (non-hydrogen) atoms. The molecule has 2 aromatic heterocycles. The van der Waals surface area contributed by atoms with E-state index in [1.807, 2.05) is 13.8 Å². The van der Waals surface area contributed by atoms with E-state index in [9.17, 15) is 0 Å². The minimum atomic E-state index is 0.400. The molecule has 0 saturated carbocycles. The number of nitriles is 1. The van der Waals surface area contributed by atoms with Crippen LogP contribution >= 0.6 is 11.6 Å². The Morgan fingerprint density at radius 1 is 1.38 bits per heavy atom. The quantitative estimate of drug-likeness (QED) is 0.753. The number of aryl methyl sites for hydroxylation is 1. The van der Waals surface area contributed by atoms with Crippen LogP contribution in [0.4, 0.5) is 0 Å². The molecular weight excluding hydrogens is 226 g/mol. The zero-order valence-electron chi connectivity index (χ0n) is 8.77. The molecular formula is C10H8ClN5. The Kier molecular flexibility index (Phi) is 2.59. The molecule has 0 amide bonds. The SMILES string of the molecule is Cc1nnc(-n2cc(Cl)cn2)c(C#N)c1C. The highest BCUT2D eigenvalue weighted by Crippen LogP contribution is 2.17. The Hall–Kier alpha value is -1.93. The Bertz CT molecular complexity index is 581. The van der Waals surface area contributed by atoms with Gasteiger partial charge in [-0.2, -0.15) is 15.5 Å². The minimum Gasteiger partial charge on any atom is -0.218 e. The van der Waals surface area contributed by atoms with Gasteiger partial charge in [0.05, 0.1) is 23.1 Å². The standard InChI is InChI=1S/C10H8ClN5/c1-6-7(2)14-15-10(9(6)3-12)16-5-8(11)4-13-16/h4-5H,1-2H3. The molecule has 0 aromatic carbocycles. The summed E-state index contributed by atoms with van der Waals surface area (Å²) in [6.45, 7) is 3.64. The highest BCUT2D eigenvalue weighted by atomic mass is 35.5. The molecule has 0 bridgehead atoms. The van der Waals surface area contributed by atoms with Gasteiger partial charge in [0.2, 0.25) is 0 Å². The molecule has 0 radical (unpaired) electrons. The summed E-state index contributed by atoms with van der Waals surface area (Å²) in [4.78, 5) is 0. The fourth-order valence-corrected chi connectivity index (χ4v) is 1.44. The largest absolute Gasteiger partial charge is 0.218 e. The van der Waals surface area contributed by atoms with Gasteiger partial charge in [-0.1, -0.05) is 11.6 Å². The lowest BCUT2D eigenvalue weighted by Gasteiger charge is -2.05. The third kappa shape index (κ3) is 1.64. The summed E-state index contributed by atoms with van der Waals surface area (Å²) < 4.78 is 1.44. The normalized spacial score (nSPS) is 10.1. The van der Waals surface area contributed by atoms with Crippen molar-refractivity contribution < 1.29 is 0 Å². The van der Waals surface area contributed by atoms with Crippen LogP contribution in [0.1, 0.15) is 16.8 Å². The van der Waals surface area contributed by atoms with Crippen molar-refractivity contribution in [2.24, 2.45) is 0 Å². The van der Waals surface area contributed by atoms with Crippen molar-refractivity contribution >= 4 is 11.6 Å². The summed E-state index contributed by atoms with van der Waals surface area (Å²) in [6, 6.07) is 2.11. The van der Waals surface area contributed by atoms with Gasteiger partial charge in [-0.3, -0.25) is 0 Å². The van der Waals surface area contributed by atoms with E-state index in [1.54, 1.807) is 6.20 Å². The van der Waals surface area contributed by atoms with Crippen LogP contribution in [0.3, 0.4) is 0 Å². The lowest BCUT2D eigenvalue weighted by atomic mass is 10.1. The van der Waals surface area contributed by atoms with Crippen molar-refractivity contribution in [2.75, 3.05) is 0 Å². The van der Waals surface area contributed by atoms with E-state index in [1.165, 1.54) is 10.9 Å². The Morgan fingerprint density at radius 2 is 2.12 bits per heavy atom. The smallest absolute Gasteiger partial charge is 0.193 e. The topological polar surface area (TPSA) is 67.4 Å². The second kappa shape index (κ2) is 3.91. The first-order chi connectivity index (χ1) is 7.63. The van der Waals surface area contributed by atoms with Gasteiger partial charge in [0.25, 0.3) is 0 Å². The van der Waals surface area contributed by atoms with E-state index in [4.69, 9.17) is 16.9 Å². The third-order valence-corrected chi connectivity index (χ3v) is 2.51. The van der Waals surface area contributed by atoms with Crippen LogP contribution in [0.25, 0.3) is 5.82 Å². The first-order valence-corrected chi connectivity index (χ1v) is 4.96. The van der Waals surface area contributed by atoms with Crippen molar-refractivity contribution in [3.63, 3.8) is 0 Å². The molecule has 0 unspecified atom stereocenters. The lowest BCUT2D eigenvalue weighted by molar-refractivity contribution is 0.796. The zero-order chi connectivity index (χ0) is 11.7. The second-order valence-corrected chi connectivity index (χ2v) is 3.76. The highest BCUT2D eigenvalue weighted by Gasteiger charge is 2.13. The van der Waals surface area contributed by atoms with E-state index >= 15 is 0 Å². The molecule has 2 rings (SSSR count). The van der Waals surface area contributed by atoms with Crippen molar-refractivity contribution in [3.8, 4) is 11.9 Å². The maximum Gasteiger partial charge on any atom is 0.193 e. The van der Waals surface area contributed by atoms with Gasteiger partial charge in [-0.15, -0.1) is 5.10 Å². The van der Waals surface area contributed by atoms with E-state index in [-0.39, 0.29) is 0 Å². The van der Waals surface area contributed by atoms with Crippen LogP contribution in [0.5, 0.6) is 0 Å². The molecule has 6 heteroatoms. The van der Waals surface area contributed by atoms with E-state index in [2.05, 4.69) is 21.4 Å². The van der Waals surface area contributed by atoms with Gasteiger partial charge in [0, 0.05) is 0 Å². The van der Waals surface area contributed by atoms with Gasteiger partial charge < -0.3 is 0 Å². The molecule has 0 fully saturated rings. The fourth-order valence-electron chi connectivity index (χ4n) is 1.31. The maximum absolute atomic E-state index is 9.10. The van der Waals surface area contributed by atoms with Crippen LogP contribution in [-0.2, 0) is 0 Å². The summed E-state index contributed by atoms with van der Waals surface area (Å²) in [6.07, 6.45) is 3.07. The summed E-state index contributed by atoms with van der Waals surface area (Å²) in [5.74, 6) is 0.400. The number of hydrogen-bond donors (Lipinski definition) is 0. The number of hydrogen-bond acceptors (Lipinski definition) is 4. The van der Waals surface area contributed by atoms with Crippen LogP contribution in [0.2, 0.25) is 5.02 Å². The van der Waals surface area contributed by atoms with Crippen molar-refractivity contribution in [1.29, 1.82) is 5.26 Å². The number of halogens is 1. The van der Waals surface area contributed by atoms with Crippen molar-refractivity contribution in [1.82, 2.24) is 20.0 Å². The monoisotopic (exact) mass is 233 g/mol. The van der Waals surface area contributed by atoms with E-state index < -0.39 is 0 Å². The molecule has 0 saturated heterocycles. The van der Waals surface area contributed by atoms with Gasteiger partial charge in [0.15, 0.2) is 5.82 Å². The predicted molar refractivity (Wildman–Crippen MR) is 58.4 cm³/mol. The molecule has 5 nitrogen and oxygen atoms in total. The molecule has 0 aliphatic carbocycles. The number of nitrogens with zero attached hydrogens (tertiary/aromatic N) is 5. The molecule has 0 spiro atoms. The van der Waals surface area contributed by atoms with Gasteiger partial charge in [0.1, 0.15) is 11.6 Å². The highest BCUT2D eigenvalue weighted by molar-refractivity contribution is 6.30. The van der Waals surface area contributed by atoms with Crippen LogP contribution < -0.4 is 0 Å². The molecule has 0 aliphatic rings. The number of rotatable bonds is 1. The molecule has 2 heterocycles. The molecule has 2 aromatic rings. The Labute approximate surface area is 97.3 Å². The van der Waals surface area contributed by atoms with Gasteiger partial charge in [-0.05, 0) is 19.4 Å².